The number of para-hydroxylation sites is 1. The number of hydrogen-bond donors (Lipinski definition) is 1. The van der Waals surface area contributed by atoms with Gasteiger partial charge < -0.3 is 10.5 Å². The number of hydrogen-bond acceptors (Lipinski definition) is 3. The highest BCUT2D eigenvalue weighted by Crippen LogP contribution is 2.26. The van der Waals surface area contributed by atoms with Crippen molar-refractivity contribution in [3.8, 4) is 11.8 Å². The fourth-order valence-corrected chi connectivity index (χ4v) is 1.97. The van der Waals surface area contributed by atoms with Crippen LogP contribution in [-0.2, 0) is 0 Å². The van der Waals surface area contributed by atoms with Crippen LogP contribution in [0.3, 0.4) is 0 Å². The van der Waals surface area contributed by atoms with Crippen LogP contribution in [0.1, 0.15) is 51.5 Å². The van der Waals surface area contributed by atoms with Gasteiger partial charge in [0.05, 0.1) is 12.7 Å². The van der Waals surface area contributed by atoms with Gasteiger partial charge in [0.25, 0.3) is 0 Å². The second-order valence-corrected chi connectivity index (χ2v) is 5.27. The Morgan fingerprint density at radius 2 is 2.05 bits per heavy atom. The molecule has 0 heterocycles. The number of ether oxygens (including phenoxy) is 1. The molecule has 1 atom stereocenters. The lowest BCUT2D eigenvalue weighted by Gasteiger charge is -2.19. The second-order valence-electron chi connectivity index (χ2n) is 5.27. The SMILES string of the molecule is CCC(N)(C#N)CCCOc1ccccc1C(C)C. The minimum absolute atomic E-state index is 0.444. The summed E-state index contributed by atoms with van der Waals surface area (Å²) >= 11 is 0. The van der Waals surface area contributed by atoms with Gasteiger partial charge in [0.15, 0.2) is 0 Å². The van der Waals surface area contributed by atoms with Crippen LogP contribution in [-0.4, -0.2) is 12.1 Å². The van der Waals surface area contributed by atoms with Crippen molar-refractivity contribution < 1.29 is 4.74 Å². The van der Waals surface area contributed by atoms with E-state index >= 15 is 0 Å². The third-order valence-electron chi connectivity index (χ3n) is 3.42. The highest BCUT2D eigenvalue weighted by Gasteiger charge is 2.21. The molecule has 0 amide bonds. The maximum Gasteiger partial charge on any atom is 0.122 e. The van der Waals surface area contributed by atoms with Gasteiger partial charge in [-0.15, -0.1) is 0 Å². The molecule has 0 aliphatic carbocycles. The van der Waals surface area contributed by atoms with Crippen molar-refractivity contribution in [2.75, 3.05) is 6.61 Å². The fourth-order valence-electron chi connectivity index (χ4n) is 1.97. The van der Waals surface area contributed by atoms with E-state index in [-0.39, 0.29) is 0 Å². The fraction of sp³-hybridized carbons (Fsp3) is 0.562. The maximum atomic E-state index is 9.00. The summed E-state index contributed by atoms with van der Waals surface area (Å²) in [5, 5.41) is 9.00. The molecule has 0 saturated carbocycles. The molecule has 0 aliphatic heterocycles. The molecule has 1 unspecified atom stereocenters. The predicted molar refractivity (Wildman–Crippen MR) is 78.1 cm³/mol. The Labute approximate surface area is 116 Å². The largest absolute Gasteiger partial charge is 0.493 e. The smallest absolute Gasteiger partial charge is 0.122 e. The molecule has 1 aromatic carbocycles. The molecule has 0 fully saturated rings. The van der Waals surface area contributed by atoms with Gasteiger partial charge in [0.1, 0.15) is 11.3 Å². The van der Waals surface area contributed by atoms with Crippen LogP contribution in [0.2, 0.25) is 0 Å². The zero-order valence-corrected chi connectivity index (χ0v) is 12.1. The lowest BCUT2D eigenvalue weighted by Crippen LogP contribution is -2.37. The second kappa shape index (κ2) is 7.16. The standard InChI is InChI=1S/C16H24N2O/c1-4-16(18,12-17)10-7-11-19-15-9-6-5-8-14(15)13(2)3/h5-6,8-9,13H,4,7,10-11,18H2,1-3H3. The molecule has 0 aliphatic rings. The third kappa shape index (κ3) is 4.57. The van der Waals surface area contributed by atoms with Crippen LogP contribution in [0.15, 0.2) is 24.3 Å². The van der Waals surface area contributed by atoms with Crippen molar-refractivity contribution in [2.24, 2.45) is 5.73 Å². The summed E-state index contributed by atoms with van der Waals surface area (Å²) in [6, 6.07) is 10.3. The first kappa shape index (κ1) is 15.5. The van der Waals surface area contributed by atoms with Crippen LogP contribution in [0.4, 0.5) is 0 Å². The molecule has 19 heavy (non-hydrogen) atoms. The molecule has 1 aromatic rings. The molecule has 0 radical (unpaired) electrons. The Morgan fingerprint density at radius 1 is 1.37 bits per heavy atom. The first-order valence-electron chi connectivity index (χ1n) is 6.94. The summed E-state index contributed by atoms with van der Waals surface area (Å²) in [6.45, 7) is 6.85. The van der Waals surface area contributed by atoms with E-state index < -0.39 is 5.54 Å². The van der Waals surface area contributed by atoms with Crippen molar-refractivity contribution in [3.05, 3.63) is 29.8 Å². The van der Waals surface area contributed by atoms with Gasteiger partial charge in [-0.25, -0.2) is 0 Å². The lowest BCUT2D eigenvalue weighted by atomic mass is 9.94. The van der Waals surface area contributed by atoms with Gasteiger partial charge in [-0.05, 0) is 36.8 Å². The van der Waals surface area contributed by atoms with Crippen molar-refractivity contribution >= 4 is 0 Å². The van der Waals surface area contributed by atoms with Gasteiger partial charge in [0.2, 0.25) is 0 Å². The Morgan fingerprint density at radius 3 is 2.63 bits per heavy atom. The zero-order chi connectivity index (χ0) is 14.3. The van der Waals surface area contributed by atoms with Crippen LogP contribution in [0.25, 0.3) is 0 Å². The molecule has 0 bridgehead atoms. The average molecular weight is 260 g/mol. The quantitative estimate of drug-likeness (QED) is 0.762. The van der Waals surface area contributed by atoms with Crippen molar-refractivity contribution in [1.29, 1.82) is 5.26 Å². The van der Waals surface area contributed by atoms with Gasteiger partial charge >= 0.3 is 0 Å². The molecule has 3 heteroatoms. The van der Waals surface area contributed by atoms with E-state index in [9.17, 15) is 0 Å². The molecular formula is C16H24N2O. The van der Waals surface area contributed by atoms with Crippen molar-refractivity contribution in [1.82, 2.24) is 0 Å². The summed E-state index contributed by atoms with van der Waals surface area (Å²) < 4.78 is 5.82. The highest BCUT2D eigenvalue weighted by molar-refractivity contribution is 5.35. The van der Waals surface area contributed by atoms with Gasteiger partial charge in [-0.3, -0.25) is 0 Å². The van der Waals surface area contributed by atoms with E-state index in [1.807, 2.05) is 25.1 Å². The van der Waals surface area contributed by atoms with E-state index in [2.05, 4.69) is 26.0 Å². The first-order chi connectivity index (χ1) is 9.02. The Hall–Kier alpha value is -1.53. The third-order valence-corrected chi connectivity index (χ3v) is 3.42. The summed E-state index contributed by atoms with van der Waals surface area (Å²) in [5.74, 6) is 1.38. The first-order valence-corrected chi connectivity index (χ1v) is 6.94. The molecule has 0 spiro atoms. The van der Waals surface area contributed by atoms with E-state index in [4.69, 9.17) is 15.7 Å². The Balaban J connectivity index is 2.49. The number of nitrogens with zero attached hydrogens (tertiary/aromatic N) is 1. The van der Waals surface area contributed by atoms with Crippen LogP contribution in [0.5, 0.6) is 5.75 Å². The molecule has 3 nitrogen and oxygen atoms in total. The van der Waals surface area contributed by atoms with Crippen LogP contribution in [0, 0.1) is 11.3 Å². The molecule has 104 valence electrons. The number of rotatable bonds is 7. The van der Waals surface area contributed by atoms with Crippen molar-refractivity contribution in [3.63, 3.8) is 0 Å². The van der Waals surface area contributed by atoms with E-state index in [1.54, 1.807) is 0 Å². The van der Waals surface area contributed by atoms with Gasteiger partial charge in [-0.2, -0.15) is 5.26 Å². The van der Waals surface area contributed by atoms with Crippen molar-refractivity contribution in [2.45, 2.75) is 51.5 Å². The minimum Gasteiger partial charge on any atom is -0.493 e. The summed E-state index contributed by atoms with van der Waals surface area (Å²) in [5.41, 5.74) is 6.45. The summed E-state index contributed by atoms with van der Waals surface area (Å²) in [6.07, 6.45) is 2.14. The van der Waals surface area contributed by atoms with Crippen LogP contribution < -0.4 is 10.5 Å². The average Bonchev–Trinajstić information content (AvgIpc) is 2.43. The highest BCUT2D eigenvalue weighted by atomic mass is 16.5. The molecule has 2 N–H and O–H groups in total. The Bertz CT molecular complexity index is 437. The summed E-state index contributed by atoms with van der Waals surface area (Å²) in [7, 11) is 0. The van der Waals surface area contributed by atoms with E-state index in [0.717, 1.165) is 12.2 Å². The zero-order valence-electron chi connectivity index (χ0n) is 12.1. The predicted octanol–water partition coefficient (Wildman–Crippen LogP) is 3.60. The molecule has 0 saturated heterocycles. The van der Waals surface area contributed by atoms with Crippen LogP contribution >= 0.6 is 0 Å². The normalized spacial score (nSPS) is 13.9. The minimum atomic E-state index is -0.707. The maximum absolute atomic E-state index is 9.00. The lowest BCUT2D eigenvalue weighted by molar-refractivity contribution is 0.288. The topological polar surface area (TPSA) is 59.0 Å². The van der Waals surface area contributed by atoms with Gasteiger partial charge in [0, 0.05) is 0 Å². The van der Waals surface area contributed by atoms with E-state index in [1.165, 1.54) is 5.56 Å². The van der Waals surface area contributed by atoms with Gasteiger partial charge in [-0.1, -0.05) is 39.0 Å². The number of benzene rings is 1. The molecule has 0 aromatic heterocycles. The monoisotopic (exact) mass is 260 g/mol. The number of nitriles is 1. The summed E-state index contributed by atoms with van der Waals surface area (Å²) in [4.78, 5) is 0. The van der Waals surface area contributed by atoms with E-state index in [0.29, 0.717) is 25.4 Å². The molecule has 1 rings (SSSR count). The Kier molecular flexibility index (Phi) is 5.85. The number of nitrogens with two attached hydrogens (primary N) is 1. The molecular weight excluding hydrogens is 236 g/mol.